The molecule has 0 bridgehead atoms. The van der Waals surface area contributed by atoms with Gasteiger partial charge in [0.2, 0.25) is 0 Å². The Morgan fingerprint density at radius 1 is 1.14 bits per heavy atom. The Morgan fingerprint density at radius 2 is 1.64 bits per heavy atom. The maximum Gasteiger partial charge on any atom is 0.108 e. The van der Waals surface area contributed by atoms with Crippen LogP contribution in [-0.4, -0.2) is 15.8 Å². The van der Waals surface area contributed by atoms with Crippen molar-refractivity contribution >= 4 is 0 Å². The van der Waals surface area contributed by atoms with Gasteiger partial charge in [0, 0.05) is 0 Å². The first-order valence-corrected chi connectivity index (χ1v) is 5.09. The molecule has 2 N–H and O–H groups in total. The SMILES string of the molecule is CCC(O)(CC)[C@H](O)c1ccccc1. The van der Waals surface area contributed by atoms with Crippen molar-refractivity contribution in [2.75, 3.05) is 0 Å². The van der Waals surface area contributed by atoms with Gasteiger partial charge in [-0.3, -0.25) is 0 Å². The van der Waals surface area contributed by atoms with E-state index in [4.69, 9.17) is 0 Å². The minimum Gasteiger partial charge on any atom is -0.387 e. The van der Waals surface area contributed by atoms with Crippen molar-refractivity contribution in [2.24, 2.45) is 0 Å². The topological polar surface area (TPSA) is 40.5 Å². The normalized spacial score (nSPS) is 14.0. The van der Waals surface area contributed by atoms with Crippen LogP contribution in [0.5, 0.6) is 0 Å². The second-order valence-electron chi connectivity index (χ2n) is 3.62. The van der Waals surface area contributed by atoms with E-state index >= 15 is 0 Å². The van der Waals surface area contributed by atoms with Gasteiger partial charge >= 0.3 is 0 Å². The molecule has 0 aliphatic heterocycles. The average molecular weight is 194 g/mol. The minimum absolute atomic E-state index is 0.555. The van der Waals surface area contributed by atoms with Gasteiger partial charge in [-0.25, -0.2) is 0 Å². The van der Waals surface area contributed by atoms with Crippen LogP contribution in [0, 0.1) is 0 Å². The van der Waals surface area contributed by atoms with Gasteiger partial charge in [0.25, 0.3) is 0 Å². The molecule has 0 spiro atoms. The molecule has 0 aromatic heterocycles. The lowest BCUT2D eigenvalue weighted by Crippen LogP contribution is -2.34. The van der Waals surface area contributed by atoms with Crippen molar-refractivity contribution in [2.45, 2.75) is 38.4 Å². The van der Waals surface area contributed by atoms with Crippen LogP contribution in [0.15, 0.2) is 30.3 Å². The van der Waals surface area contributed by atoms with Crippen molar-refractivity contribution in [1.82, 2.24) is 0 Å². The van der Waals surface area contributed by atoms with Crippen LogP contribution >= 0.6 is 0 Å². The van der Waals surface area contributed by atoms with E-state index in [1.807, 2.05) is 44.2 Å². The Labute approximate surface area is 85.2 Å². The van der Waals surface area contributed by atoms with E-state index in [0.717, 1.165) is 5.56 Å². The van der Waals surface area contributed by atoms with Crippen molar-refractivity contribution in [1.29, 1.82) is 0 Å². The van der Waals surface area contributed by atoms with Crippen LogP contribution in [0.25, 0.3) is 0 Å². The van der Waals surface area contributed by atoms with Gasteiger partial charge in [-0.1, -0.05) is 44.2 Å². The minimum atomic E-state index is -0.999. The van der Waals surface area contributed by atoms with E-state index in [1.165, 1.54) is 0 Å². The predicted molar refractivity (Wildman–Crippen MR) is 56.9 cm³/mol. The number of rotatable bonds is 4. The highest BCUT2D eigenvalue weighted by molar-refractivity contribution is 5.20. The monoisotopic (exact) mass is 194 g/mol. The van der Waals surface area contributed by atoms with Gasteiger partial charge in [-0.15, -0.1) is 0 Å². The number of aliphatic hydroxyl groups is 2. The number of benzene rings is 1. The molecule has 0 amide bonds. The Kier molecular flexibility index (Phi) is 3.67. The molecule has 0 radical (unpaired) electrons. The van der Waals surface area contributed by atoms with E-state index < -0.39 is 11.7 Å². The Balaban J connectivity index is 2.89. The quantitative estimate of drug-likeness (QED) is 0.772. The van der Waals surface area contributed by atoms with Crippen LogP contribution in [0.1, 0.15) is 38.4 Å². The lowest BCUT2D eigenvalue weighted by molar-refractivity contribution is -0.0820. The van der Waals surface area contributed by atoms with Crippen molar-refractivity contribution in [3.8, 4) is 0 Å². The molecular formula is C12H18O2. The molecular weight excluding hydrogens is 176 g/mol. The summed E-state index contributed by atoms with van der Waals surface area (Å²) in [6.45, 7) is 3.77. The molecule has 0 saturated heterocycles. The first kappa shape index (κ1) is 11.2. The van der Waals surface area contributed by atoms with Gasteiger partial charge < -0.3 is 10.2 Å². The van der Waals surface area contributed by atoms with E-state index in [2.05, 4.69) is 0 Å². The molecule has 1 aromatic carbocycles. The number of hydrogen-bond donors (Lipinski definition) is 2. The zero-order valence-electron chi connectivity index (χ0n) is 8.77. The Hall–Kier alpha value is -0.860. The summed E-state index contributed by atoms with van der Waals surface area (Å²) in [6, 6.07) is 9.30. The third-order valence-corrected chi connectivity index (χ3v) is 2.85. The van der Waals surface area contributed by atoms with Gasteiger partial charge in [0.05, 0.1) is 5.60 Å². The molecule has 0 aliphatic carbocycles. The summed E-state index contributed by atoms with van der Waals surface area (Å²) in [5.74, 6) is 0. The fraction of sp³-hybridized carbons (Fsp3) is 0.500. The number of hydrogen-bond acceptors (Lipinski definition) is 2. The highest BCUT2D eigenvalue weighted by Gasteiger charge is 2.32. The average Bonchev–Trinajstić information content (AvgIpc) is 2.28. The summed E-state index contributed by atoms with van der Waals surface area (Å²) in [7, 11) is 0. The largest absolute Gasteiger partial charge is 0.387 e. The standard InChI is InChI=1S/C12H18O2/c1-3-12(14,4-2)11(13)10-8-6-5-7-9-10/h5-9,11,13-14H,3-4H2,1-2H3/t11-/m1/s1. The summed E-state index contributed by atoms with van der Waals surface area (Å²) in [5, 5.41) is 20.1. The van der Waals surface area contributed by atoms with Crippen LogP contribution < -0.4 is 0 Å². The maximum absolute atomic E-state index is 10.1. The third kappa shape index (κ3) is 2.14. The van der Waals surface area contributed by atoms with E-state index in [9.17, 15) is 10.2 Å². The van der Waals surface area contributed by atoms with Crippen LogP contribution in [-0.2, 0) is 0 Å². The van der Waals surface area contributed by atoms with E-state index in [1.54, 1.807) is 0 Å². The zero-order chi connectivity index (χ0) is 10.6. The Morgan fingerprint density at radius 3 is 2.07 bits per heavy atom. The second kappa shape index (κ2) is 4.58. The summed E-state index contributed by atoms with van der Waals surface area (Å²) >= 11 is 0. The molecule has 0 saturated carbocycles. The summed E-state index contributed by atoms with van der Waals surface area (Å²) in [4.78, 5) is 0. The number of aliphatic hydroxyl groups excluding tert-OH is 1. The smallest absolute Gasteiger partial charge is 0.108 e. The molecule has 14 heavy (non-hydrogen) atoms. The van der Waals surface area contributed by atoms with Crippen LogP contribution in [0.4, 0.5) is 0 Å². The van der Waals surface area contributed by atoms with E-state index in [-0.39, 0.29) is 0 Å². The molecule has 1 aromatic rings. The third-order valence-electron chi connectivity index (χ3n) is 2.85. The fourth-order valence-corrected chi connectivity index (χ4v) is 1.58. The molecule has 0 heterocycles. The molecule has 2 nitrogen and oxygen atoms in total. The summed E-state index contributed by atoms with van der Waals surface area (Å²) < 4.78 is 0. The maximum atomic E-state index is 10.1. The summed E-state index contributed by atoms with van der Waals surface area (Å²) in [5.41, 5.74) is -0.222. The molecule has 78 valence electrons. The van der Waals surface area contributed by atoms with Crippen molar-refractivity contribution in [3.63, 3.8) is 0 Å². The zero-order valence-corrected chi connectivity index (χ0v) is 8.77. The molecule has 1 atom stereocenters. The molecule has 2 heteroatoms. The first-order valence-electron chi connectivity index (χ1n) is 5.09. The van der Waals surface area contributed by atoms with Gasteiger partial charge in [-0.2, -0.15) is 0 Å². The summed E-state index contributed by atoms with van der Waals surface area (Å²) in [6.07, 6.45) is 0.317. The van der Waals surface area contributed by atoms with Gasteiger partial charge in [0.1, 0.15) is 6.10 Å². The van der Waals surface area contributed by atoms with Crippen molar-refractivity contribution < 1.29 is 10.2 Å². The molecule has 0 unspecified atom stereocenters. The molecule has 1 rings (SSSR count). The fourth-order valence-electron chi connectivity index (χ4n) is 1.58. The lowest BCUT2D eigenvalue weighted by atomic mass is 9.86. The Bertz CT molecular complexity index is 265. The highest BCUT2D eigenvalue weighted by atomic mass is 16.3. The highest BCUT2D eigenvalue weighted by Crippen LogP contribution is 2.31. The lowest BCUT2D eigenvalue weighted by Gasteiger charge is -2.31. The van der Waals surface area contributed by atoms with Gasteiger partial charge in [-0.05, 0) is 18.4 Å². The van der Waals surface area contributed by atoms with Crippen LogP contribution in [0.2, 0.25) is 0 Å². The molecule has 0 fully saturated rings. The first-order chi connectivity index (χ1) is 6.64. The van der Waals surface area contributed by atoms with E-state index in [0.29, 0.717) is 12.8 Å². The molecule has 0 aliphatic rings. The van der Waals surface area contributed by atoms with Crippen molar-refractivity contribution in [3.05, 3.63) is 35.9 Å². The van der Waals surface area contributed by atoms with Crippen LogP contribution in [0.3, 0.4) is 0 Å². The van der Waals surface area contributed by atoms with Gasteiger partial charge in [0.15, 0.2) is 0 Å². The second-order valence-corrected chi connectivity index (χ2v) is 3.62. The predicted octanol–water partition coefficient (Wildman–Crippen LogP) is 2.27.